The molecule has 0 unspecified atom stereocenters. The fourth-order valence-corrected chi connectivity index (χ4v) is 6.58. The number of hydrogen-bond acceptors (Lipinski definition) is 5. The third kappa shape index (κ3) is 6.50. The summed E-state index contributed by atoms with van der Waals surface area (Å²) in [4.78, 5) is 46.9. The molecule has 3 atom stereocenters. The molecule has 41 heavy (non-hydrogen) atoms. The van der Waals surface area contributed by atoms with E-state index >= 15 is 0 Å². The summed E-state index contributed by atoms with van der Waals surface area (Å²) >= 11 is 0. The lowest BCUT2D eigenvalue weighted by Crippen LogP contribution is -2.53. The zero-order chi connectivity index (χ0) is 28.9. The van der Waals surface area contributed by atoms with Gasteiger partial charge in [-0.15, -0.1) is 0 Å². The van der Waals surface area contributed by atoms with Crippen LogP contribution in [0.15, 0.2) is 78.9 Å². The molecular formula is C35H41N3O3. The maximum Gasteiger partial charge on any atom is 0.219 e. The highest BCUT2D eigenvalue weighted by molar-refractivity contribution is 6.02. The first-order valence-corrected chi connectivity index (χ1v) is 14.8. The Morgan fingerprint density at radius 2 is 1.17 bits per heavy atom. The fourth-order valence-electron chi connectivity index (χ4n) is 6.58. The minimum Gasteiger partial charge on any atom is -0.340 e. The molecule has 0 spiro atoms. The van der Waals surface area contributed by atoms with Crippen molar-refractivity contribution in [2.75, 3.05) is 52.4 Å². The van der Waals surface area contributed by atoms with E-state index in [0.29, 0.717) is 24.2 Å². The molecule has 5 rings (SSSR count). The number of benzene rings is 3. The van der Waals surface area contributed by atoms with Crippen LogP contribution < -0.4 is 0 Å². The Labute approximate surface area is 244 Å². The van der Waals surface area contributed by atoms with Crippen molar-refractivity contribution in [1.82, 2.24) is 14.7 Å². The topological polar surface area (TPSA) is 60.9 Å². The van der Waals surface area contributed by atoms with E-state index in [-0.39, 0.29) is 35.2 Å². The number of amides is 1. The molecule has 0 saturated carbocycles. The number of Topliss-reactive ketones (excluding diaryl/α,β-unsaturated/α-hetero) is 2. The molecular weight excluding hydrogens is 510 g/mol. The highest BCUT2D eigenvalue weighted by Gasteiger charge is 2.45. The fraction of sp³-hybridized carbons (Fsp3) is 0.400. The molecule has 0 aliphatic carbocycles. The molecule has 3 aromatic carbocycles. The molecule has 0 N–H and O–H groups in total. The molecule has 0 aromatic heterocycles. The summed E-state index contributed by atoms with van der Waals surface area (Å²) in [6, 6.07) is 25.3. The van der Waals surface area contributed by atoms with E-state index in [9.17, 15) is 14.4 Å². The van der Waals surface area contributed by atoms with Gasteiger partial charge in [0, 0.05) is 88.2 Å². The maximum atomic E-state index is 14.2. The predicted molar refractivity (Wildman–Crippen MR) is 162 cm³/mol. The first-order valence-electron chi connectivity index (χ1n) is 14.8. The van der Waals surface area contributed by atoms with Crippen LogP contribution in [-0.4, -0.2) is 84.5 Å². The lowest BCUT2D eigenvalue weighted by Gasteiger charge is -2.44. The summed E-state index contributed by atoms with van der Waals surface area (Å²) in [5.41, 5.74) is 4.83. The van der Waals surface area contributed by atoms with Crippen molar-refractivity contribution in [3.05, 3.63) is 107 Å². The number of hydrogen-bond donors (Lipinski definition) is 0. The summed E-state index contributed by atoms with van der Waals surface area (Å²) in [5.74, 6) is -0.588. The number of likely N-dealkylation sites (tertiary alicyclic amines) is 1. The molecule has 3 aromatic rings. The second-order valence-corrected chi connectivity index (χ2v) is 11.6. The smallest absolute Gasteiger partial charge is 0.219 e. The number of ketones is 2. The first-order chi connectivity index (χ1) is 19.8. The summed E-state index contributed by atoms with van der Waals surface area (Å²) in [5, 5.41) is 0. The van der Waals surface area contributed by atoms with Crippen molar-refractivity contribution in [1.29, 1.82) is 0 Å². The molecule has 2 heterocycles. The molecule has 0 bridgehead atoms. The largest absolute Gasteiger partial charge is 0.340 e. The van der Waals surface area contributed by atoms with Gasteiger partial charge >= 0.3 is 0 Å². The normalized spacial score (nSPS) is 21.9. The van der Waals surface area contributed by atoms with Crippen LogP contribution >= 0.6 is 0 Å². The van der Waals surface area contributed by atoms with Crippen LogP contribution in [0.3, 0.4) is 0 Å². The number of carbonyl (C=O) groups is 3. The van der Waals surface area contributed by atoms with Crippen molar-refractivity contribution >= 4 is 17.5 Å². The first kappa shape index (κ1) is 28.9. The van der Waals surface area contributed by atoms with Gasteiger partial charge in [0.1, 0.15) is 0 Å². The van der Waals surface area contributed by atoms with Crippen molar-refractivity contribution in [2.45, 2.75) is 26.7 Å². The quantitative estimate of drug-likeness (QED) is 0.374. The lowest BCUT2D eigenvalue weighted by atomic mass is 9.67. The highest BCUT2D eigenvalue weighted by atomic mass is 16.2. The Hall–Kier alpha value is -3.61. The number of aryl methyl sites for hydroxylation is 1. The van der Waals surface area contributed by atoms with Gasteiger partial charge in [-0.05, 0) is 30.5 Å². The number of piperidine rings is 1. The molecule has 6 nitrogen and oxygen atoms in total. The Morgan fingerprint density at radius 1 is 0.659 bits per heavy atom. The van der Waals surface area contributed by atoms with Crippen molar-refractivity contribution in [3.63, 3.8) is 0 Å². The molecule has 0 radical (unpaired) electrons. The third-order valence-corrected chi connectivity index (χ3v) is 9.12. The molecule has 6 heteroatoms. The van der Waals surface area contributed by atoms with Gasteiger partial charge < -0.3 is 9.80 Å². The average molecular weight is 552 g/mol. The van der Waals surface area contributed by atoms with E-state index in [2.05, 4.69) is 41.8 Å². The summed E-state index contributed by atoms with van der Waals surface area (Å²) in [6.07, 6.45) is 0. The predicted octanol–water partition coefficient (Wildman–Crippen LogP) is 4.86. The third-order valence-electron chi connectivity index (χ3n) is 9.12. The second kappa shape index (κ2) is 12.9. The zero-order valence-corrected chi connectivity index (χ0v) is 24.5. The zero-order valence-electron chi connectivity index (χ0n) is 24.5. The van der Waals surface area contributed by atoms with Crippen LogP contribution in [0, 0.1) is 25.7 Å². The Bertz CT molecular complexity index is 1300. The van der Waals surface area contributed by atoms with E-state index in [1.54, 1.807) is 6.92 Å². The van der Waals surface area contributed by atoms with Crippen LogP contribution in [-0.2, 0) is 4.79 Å². The average Bonchev–Trinajstić information content (AvgIpc) is 3.01. The molecule has 2 saturated heterocycles. The van der Waals surface area contributed by atoms with Gasteiger partial charge in [0.2, 0.25) is 5.91 Å². The molecule has 1 amide bonds. The van der Waals surface area contributed by atoms with Crippen molar-refractivity contribution in [2.24, 2.45) is 11.8 Å². The number of carbonyl (C=O) groups excluding carboxylic acids is 3. The standard InChI is InChI=1S/C35H41N3O3/c1-25-11-10-16-30(26(25)2)33-31(34(40)28-12-6-4-7-13-28)23-37(18-17-36-19-21-38(22-20-36)27(3)39)24-32(33)35(41)29-14-8-5-9-15-29/h4-16,31-33H,17-24H2,1-3H3/t31-,32+,33+. The van der Waals surface area contributed by atoms with Crippen molar-refractivity contribution in [3.8, 4) is 0 Å². The summed E-state index contributed by atoms with van der Waals surface area (Å²) in [7, 11) is 0. The number of rotatable bonds is 8. The van der Waals surface area contributed by atoms with E-state index in [1.165, 1.54) is 5.56 Å². The minimum atomic E-state index is -0.348. The Kier molecular flexibility index (Phi) is 9.11. The van der Waals surface area contributed by atoms with Gasteiger partial charge in [-0.2, -0.15) is 0 Å². The second-order valence-electron chi connectivity index (χ2n) is 11.6. The maximum absolute atomic E-state index is 14.2. The summed E-state index contributed by atoms with van der Waals surface area (Å²) in [6.45, 7) is 11.9. The van der Waals surface area contributed by atoms with Crippen LogP contribution in [0.5, 0.6) is 0 Å². The van der Waals surface area contributed by atoms with Gasteiger partial charge in [0.05, 0.1) is 0 Å². The lowest BCUT2D eigenvalue weighted by molar-refractivity contribution is -0.130. The van der Waals surface area contributed by atoms with Crippen LogP contribution in [0.25, 0.3) is 0 Å². The van der Waals surface area contributed by atoms with Gasteiger partial charge in [-0.1, -0.05) is 78.9 Å². The van der Waals surface area contributed by atoms with E-state index in [4.69, 9.17) is 0 Å². The molecule has 2 aliphatic heterocycles. The van der Waals surface area contributed by atoms with Crippen LogP contribution in [0.1, 0.15) is 50.2 Å². The van der Waals surface area contributed by atoms with Crippen molar-refractivity contribution < 1.29 is 14.4 Å². The number of piperazine rings is 1. The highest BCUT2D eigenvalue weighted by Crippen LogP contribution is 2.42. The Balaban J connectivity index is 1.48. The monoisotopic (exact) mass is 551 g/mol. The van der Waals surface area contributed by atoms with Crippen LogP contribution in [0.2, 0.25) is 0 Å². The van der Waals surface area contributed by atoms with E-state index in [0.717, 1.165) is 50.4 Å². The number of nitrogens with zero attached hydrogens (tertiary/aromatic N) is 3. The summed E-state index contributed by atoms with van der Waals surface area (Å²) < 4.78 is 0. The van der Waals surface area contributed by atoms with E-state index in [1.807, 2.05) is 65.6 Å². The minimum absolute atomic E-state index is 0.0992. The molecule has 2 fully saturated rings. The van der Waals surface area contributed by atoms with Gasteiger partial charge in [-0.25, -0.2) is 0 Å². The van der Waals surface area contributed by atoms with Gasteiger partial charge in [0.25, 0.3) is 0 Å². The van der Waals surface area contributed by atoms with Gasteiger partial charge in [-0.3, -0.25) is 19.3 Å². The van der Waals surface area contributed by atoms with Crippen LogP contribution in [0.4, 0.5) is 0 Å². The SMILES string of the molecule is CC(=O)N1CCN(CCN2C[C@H](C(=O)c3ccccc3)[C@@H](c3cccc(C)c3C)[C@H](C(=O)c3ccccc3)C2)CC1. The van der Waals surface area contributed by atoms with Gasteiger partial charge in [0.15, 0.2) is 11.6 Å². The Morgan fingerprint density at radius 3 is 1.68 bits per heavy atom. The van der Waals surface area contributed by atoms with E-state index < -0.39 is 0 Å². The molecule has 2 aliphatic rings. The molecule has 214 valence electrons.